The van der Waals surface area contributed by atoms with Crippen molar-refractivity contribution in [1.82, 2.24) is 10.6 Å². The number of hydrogen-bond acceptors (Lipinski definition) is 3. The summed E-state index contributed by atoms with van der Waals surface area (Å²) in [5.74, 6) is 0.874. The van der Waals surface area contributed by atoms with Gasteiger partial charge in [0.2, 0.25) is 0 Å². The zero-order valence-corrected chi connectivity index (χ0v) is 12.4. The van der Waals surface area contributed by atoms with Crippen molar-refractivity contribution in [2.75, 3.05) is 13.6 Å². The molecule has 0 radical (unpaired) electrons. The van der Waals surface area contributed by atoms with Gasteiger partial charge in [0.15, 0.2) is 5.78 Å². The second-order valence-corrected chi connectivity index (χ2v) is 6.33. The number of nitrogens with one attached hydrogen (secondary N) is 2. The Bertz CT molecular complexity index is 280. The third-order valence-corrected chi connectivity index (χ3v) is 4.82. The van der Waals surface area contributed by atoms with Gasteiger partial charge in [-0.2, -0.15) is 0 Å². The second-order valence-electron chi connectivity index (χ2n) is 6.33. The molecule has 0 spiro atoms. The van der Waals surface area contributed by atoms with Gasteiger partial charge in [0.25, 0.3) is 0 Å². The molecule has 3 atom stereocenters. The molecular weight excluding hydrogens is 236 g/mol. The summed E-state index contributed by atoms with van der Waals surface area (Å²) in [5, 5.41) is 6.85. The normalized spacial score (nSPS) is 32.5. The van der Waals surface area contributed by atoms with Crippen LogP contribution in [0.3, 0.4) is 0 Å². The van der Waals surface area contributed by atoms with Gasteiger partial charge in [-0.15, -0.1) is 0 Å². The third kappa shape index (κ3) is 4.57. The Hall–Kier alpha value is -0.410. The van der Waals surface area contributed by atoms with Crippen LogP contribution in [0, 0.1) is 5.92 Å². The van der Waals surface area contributed by atoms with E-state index in [4.69, 9.17) is 0 Å². The van der Waals surface area contributed by atoms with Crippen molar-refractivity contribution in [3.05, 3.63) is 0 Å². The summed E-state index contributed by atoms with van der Waals surface area (Å²) < 4.78 is 0. The summed E-state index contributed by atoms with van der Waals surface area (Å²) in [6.07, 6.45) is 12.0. The minimum atomic E-state index is 0.146. The molecule has 1 saturated carbocycles. The number of fused-ring (bicyclic) bond motifs is 3. The number of hydrogen-bond donors (Lipinski definition) is 2. The van der Waals surface area contributed by atoms with Gasteiger partial charge < -0.3 is 10.6 Å². The van der Waals surface area contributed by atoms with Crippen LogP contribution in [0.5, 0.6) is 0 Å². The lowest BCUT2D eigenvalue weighted by Gasteiger charge is -2.24. The van der Waals surface area contributed by atoms with Gasteiger partial charge in [-0.05, 0) is 52.1 Å². The zero-order valence-electron chi connectivity index (χ0n) is 12.4. The van der Waals surface area contributed by atoms with Crippen LogP contribution in [-0.2, 0) is 4.79 Å². The van der Waals surface area contributed by atoms with E-state index >= 15 is 0 Å². The minimum absolute atomic E-state index is 0.146. The highest BCUT2D eigenvalue weighted by Gasteiger charge is 2.32. The van der Waals surface area contributed by atoms with Crippen molar-refractivity contribution in [2.45, 2.75) is 76.3 Å². The molecule has 3 nitrogen and oxygen atoms in total. The molecule has 1 aliphatic carbocycles. The molecule has 1 aliphatic heterocycles. The fourth-order valence-electron chi connectivity index (χ4n) is 3.63. The molecule has 1 saturated heterocycles. The summed E-state index contributed by atoms with van der Waals surface area (Å²) in [4.78, 5) is 12.6. The lowest BCUT2D eigenvalue weighted by Crippen LogP contribution is -2.43. The van der Waals surface area contributed by atoms with Crippen molar-refractivity contribution < 1.29 is 4.79 Å². The number of carbonyl (C=O) groups is 1. The summed E-state index contributed by atoms with van der Waals surface area (Å²) >= 11 is 0. The molecule has 19 heavy (non-hydrogen) atoms. The third-order valence-electron chi connectivity index (χ3n) is 4.82. The van der Waals surface area contributed by atoms with Gasteiger partial charge in [-0.25, -0.2) is 0 Å². The van der Waals surface area contributed by atoms with Crippen LogP contribution >= 0.6 is 0 Å². The van der Waals surface area contributed by atoms with Crippen molar-refractivity contribution in [3.63, 3.8) is 0 Å². The van der Waals surface area contributed by atoms with E-state index in [1.807, 2.05) is 7.05 Å². The molecule has 3 unspecified atom stereocenters. The SMILES string of the molecule is CNCCCCC1NC2CCCCCC(CC2)C1=O. The molecule has 2 rings (SSSR count). The average Bonchev–Trinajstić information content (AvgIpc) is 2.51. The highest BCUT2D eigenvalue weighted by molar-refractivity contribution is 5.86. The molecular formula is C16H30N2O. The van der Waals surface area contributed by atoms with E-state index in [-0.39, 0.29) is 6.04 Å². The first-order valence-electron chi connectivity index (χ1n) is 8.25. The van der Waals surface area contributed by atoms with Crippen molar-refractivity contribution in [3.8, 4) is 0 Å². The standard InChI is InChI=1S/C16H30N2O/c1-17-12-6-5-9-15-16(19)13-7-3-2-4-8-14(18-15)11-10-13/h13-15,17-18H,2-12H2,1H3. The van der Waals surface area contributed by atoms with E-state index in [0.717, 1.165) is 32.2 Å². The lowest BCUT2D eigenvalue weighted by molar-refractivity contribution is -0.125. The molecule has 2 N–H and O–H groups in total. The smallest absolute Gasteiger partial charge is 0.152 e. The van der Waals surface area contributed by atoms with Gasteiger partial charge in [-0.3, -0.25) is 4.79 Å². The largest absolute Gasteiger partial charge is 0.320 e. The Labute approximate surface area is 117 Å². The molecule has 0 aromatic carbocycles. The monoisotopic (exact) mass is 266 g/mol. The van der Waals surface area contributed by atoms with E-state index in [9.17, 15) is 4.79 Å². The van der Waals surface area contributed by atoms with Crippen LogP contribution in [-0.4, -0.2) is 31.5 Å². The lowest BCUT2D eigenvalue weighted by atomic mass is 9.89. The van der Waals surface area contributed by atoms with Crippen LogP contribution in [0.25, 0.3) is 0 Å². The Morgan fingerprint density at radius 2 is 1.95 bits per heavy atom. The summed E-state index contributed by atoms with van der Waals surface area (Å²) in [6.45, 7) is 1.06. The van der Waals surface area contributed by atoms with E-state index in [1.54, 1.807) is 0 Å². The number of carbonyl (C=O) groups excluding carboxylic acids is 1. The zero-order chi connectivity index (χ0) is 13.5. The van der Waals surface area contributed by atoms with Gasteiger partial charge >= 0.3 is 0 Å². The maximum Gasteiger partial charge on any atom is 0.152 e. The fourth-order valence-corrected chi connectivity index (χ4v) is 3.63. The van der Waals surface area contributed by atoms with Gasteiger partial charge in [0.1, 0.15) is 0 Å². The second kappa shape index (κ2) is 8.01. The predicted octanol–water partition coefficient (Wildman–Crippen LogP) is 2.65. The van der Waals surface area contributed by atoms with Crippen LogP contribution in [0.1, 0.15) is 64.2 Å². The Balaban J connectivity index is 1.91. The molecule has 0 amide bonds. The van der Waals surface area contributed by atoms with Crippen LogP contribution < -0.4 is 10.6 Å². The molecule has 3 heteroatoms. The van der Waals surface area contributed by atoms with Crippen LogP contribution in [0.2, 0.25) is 0 Å². The maximum absolute atomic E-state index is 12.6. The van der Waals surface area contributed by atoms with Crippen molar-refractivity contribution in [2.24, 2.45) is 5.92 Å². The van der Waals surface area contributed by atoms with E-state index in [0.29, 0.717) is 17.7 Å². The maximum atomic E-state index is 12.6. The molecule has 2 aliphatic rings. The number of rotatable bonds is 5. The summed E-state index contributed by atoms with van der Waals surface area (Å²) in [5.41, 5.74) is 0. The van der Waals surface area contributed by atoms with Crippen molar-refractivity contribution >= 4 is 5.78 Å². The number of ketones is 1. The molecule has 110 valence electrons. The molecule has 0 aromatic rings. The number of Topliss-reactive ketones (excluding diaryl/α,β-unsaturated/α-hetero) is 1. The topological polar surface area (TPSA) is 41.1 Å². The van der Waals surface area contributed by atoms with E-state index < -0.39 is 0 Å². The molecule has 0 aromatic heterocycles. The quantitative estimate of drug-likeness (QED) is 0.752. The fraction of sp³-hybridized carbons (Fsp3) is 0.938. The van der Waals surface area contributed by atoms with E-state index in [2.05, 4.69) is 10.6 Å². The molecule has 2 fully saturated rings. The van der Waals surface area contributed by atoms with Crippen molar-refractivity contribution in [1.29, 1.82) is 0 Å². The summed E-state index contributed by atoms with van der Waals surface area (Å²) in [6, 6.07) is 0.744. The molecule has 1 heterocycles. The number of unbranched alkanes of at least 4 members (excludes halogenated alkanes) is 1. The van der Waals surface area contributed by atoms with Crippen LogP contribution in [0.15, 0.2) is 0 Å². The highest BCUT2D eigenvalue weighted by atomic mass is 16.1. The Morgan fingerprint density at radius 1 is 1.11 bits per heavy atom. The highest BCUT2D eigenvalue weighted by Crippen LogP contribution is 2.28. The van der Waals surface area contributed by atoms with Gasteiger partial charge in [-0.1, -0.05) is 25.7 Å². The molecule has 2 bridgehead atoms. The first kappa shape index (κ1) is 15.0. The van der Waals surface area contributed by atoms with Gasteiger partial charge in [0, 0.05) is 12.0 Å². The van der Waals surface area contributed by atoms with Crippen LogP contribution in [0.4, 0.5) is 0 Å². The first-order valence-corrected chi connectivity index (χ1v) is 8.25. The Morgan fingerprint density at radius 3 is 2.79 bits per heavy atom. The Kier molecular flexibility index (Phi) is 6.32. The first-order chi connectivity index (χ1) is 9.31. The minimum Gasteiger partial charge on any atom is -0.320 e. The average molecular weight is 266 g/mol. The summed E-state index contributed by atoms with van der Waals surface area (Å²) in [7, 11) is 1.99. The van der Waals surface area contributed by atoms with E-state index in [1.165, 1.54) is 38.5 Å². The predicted molar refractivity (Wildman–Crippen MR) is 79.3 cm³/mol. The van der Waals surface area contributed by atoms with Gasteiger partial charge in [0.05, 0.1) is 6.04 Å².